The zero-order valence-electron chi connectivity index (χ0n) is 13.5. The van der Waals surface area contributed by atoms with Crippen molar-refractivity contribution in [1.29, 1.82) is 0 Å². The highest BCUT2D eigenvalue weighted by molar-refractivity contribution is 8.00. The summed E-state index contributed by atoms with van der Waals surface area (Å²) >= 11 is 1.04. The number of thioether (sulfide) groups is 1. The van der Waals surface area contributed by atoms with Crippen molar-refractivity contribution in [3.8, 4) is 0 Å². The summed E-state index contributed by atoms with van der Waals surface area (Å²) in [6, 6.07) is 0. The highest BCUT2D eigenvalue weighted by atomic mass is 32.2. The summed E-state index contributed by atoms with van der Waals surface area (Å²) in [5.41, 5.74) is -0.431. The predicted octanol–water partition coefficient (Wildman–Crippen LogP) is 0.0194. The SMILES string of the molecule is CC(C)C(=O)Nc1nc2c(ncn2[C@@H]2S[C@H](CO)[C@H](F)[C@@H]2O)c(=O)[nH]1. The second-order valence-corrected chi connectivity index (χ2v) is 7.43. The minimum absolute atomic E-state index is 0.0122. The molecule has 0 spiro atoms. The fourth-order valence-electron chi connectivity index (χ4n) is 2.52. The average molecular weight is 371 g/mol. The number of hydrogen-bond donors (Lipinski definition) is 4. The molecule has 0 radical (unpaired) electrons. The summed E-state index contributed by atoms with van der Waals surface area (Å²) in [6.07, 6.45) is -1.71. The number of hydrogen-bond acceptors (Lipinski definition) is 7. The Morgan fingerprint density at radius 1 is 1.56 bits per heavy atom. The Morgan fingerprint density at radius 2 is 2.28 bits per heavy atom. The number of rotatable bonds is 4. The summed E-state index contributed by atoms with van der Waals surface area (Å²) in [6.45, 7) is 2.96. The van der Waals surface area contributed by atoms with E-state index in [1.807, 2.05) is 0 Å². The van der Waals surface area contributed by atoms with Gasteiger partial charge < -0.3 is 10.2 Å². The van der Waals surface area contributed by atoms with E-state index in [0.29, 0.717) is 0 Å². The van der Waals surface area contributed by atoms with Crippen LogP contribution in [0.2, 0.25) is 0 Å². The molecular weight excluding hydrogens is 353 g/mol. The molecule has 1 fully saturated rings. The Bertz CT molecular complexity index is 853. The van der Waals surface area contributed by atoms with Crippen molar-refractivity contribution in [1.82, 2.24) is 19.5 Å². The molecule has 1 aliphatic heterocycles. The molecule has 0 aromatic carbocycles. The van der Waals surface area contributed by atoms with Crippen molar-refractivity contribution >= 4 is 34.8 Å². The summed E-state index contributed by atoms with van der Waals surface area (Å²) in [4.78, 5) is 34.5. The van der Waals surface area contributed by atoms with Crippen LogP contribution in [-0.2, 0) is 4.79 Å². The Hall–Kier alpha value is -1.98. The van der Waals surface area contributed by atoms with Gasteiger partial charge in [-0.1, -0.05) is 13.8 Å². The lowest BCUT2D eigenvalue weighted by atomic mass is 10.1. The third-order valence-electron chi connectivity index (χ3n) is 3.94. The summed E-state index contributed by atoms with van der Waals surface area (Å²) < 4.78 is 15.4. The van der Waals surface area contributed by atoms with Gasteiger partial charge >= 0.3 is 0 Å². The van der Waals surface area contributed by atoms with Crippen molar-refractivity contribution < 1.29 is 19.4 Å². The van der Waals surface area contributed by atoms with Gasteiger partial charge in [0.15, 0.2) is 11.2 Å². The molecule has 2 aromatic heterocycles. The van der Waals surface area contributed by atoms with Crippen LogP contribution in [0.3, 0.4) is 0 Å². The Kier molecular flexibility index (Phi) is 4.80. The second kappa shape index (κ2) is 6.73. The number of alkyl halides is 1. The summed E-state index contributed by atoms with van der Waals surface area (Å²) in [5, 5.41) is 20.2. The van der Waals surface area contributed by atoms with Gasteiger partial charge in [0.1, 0.15) is 17.6 Å². The highest BCUT2D eigenvalue weighted by Crippen LogP contribution is 2.43. The minimum Gasteiger partial charge on any atom is -0.395 e. The summed E-state index contributed by atoms with van der Waals surface area (Å²) in [5.74, 6) is -0.685. The Morgan fingerprint density at radius 3 is 2.88 bits per heavy atom. The molecule has 136 valence electrons. The Balaban J connectivity index is 2.01. The van der Waals surface area contributed by atoms with E-state index in [1.165, 1.54) is 10.9 Å². The number of halogens is 1. The van der Waals surface area contributed by atoms with E-state index >= 15 is 0 Å². The van der Waals surface area contributed by atoms with Gasteiger partial charge in [-0.05, 0) is 0 Å². The third-order valence-corrected chi connectivity index (χ3v) is 5.48. The number of H-pyrrole nitrogens is 1. The molecular formula is C14H18FN5O4S. The fourth-order valence-corrected chi connectivity index (χ4v) is 3.87. The molecule has 1 saturated heterocycles. The zero-order chi connectivity index (χ0) is 18.3. The second-order valence-electron chi connectivity index (χ2n) is 6.07. The monoisotopic (exact) mass is 371 g/mol. The molecule has 9 nitrogen and oxygen atoms in total. The number of aromatic amines is 1. The van der Waals surface area contributed by atoms with Crippen LogP contribution in [0, 0.1) is 5.92 Å². The van der Waals surface area contributed by atoms with Crippen molar-refractivity contribution in [2.45, 2.75) is 36.7 Å². The van der Waals surface area contributed by atoms with Crippen LogP contribution in [0.5, 0.6) is 0 Å². The van der Waals surface area contributed by atoms with E-state index in [2.05, 4.69) is 20.3 Å². The van der Waals surface area contributed by atoms with Gasteiger partial charge in [0.05, 0.1) is 18.2 Å². The van der Waals surface area contributed by atoms with Crippen LogP contribution < -0.4 is 10.9 Å². The molecule has 4 N–H and O–H groups in total. The minimum atomic E-state index is -1.61. The number of carbonyl (C=O) groups excluding carboxylic acids is 1. The first kappa shape index (κ1) is 17.8. The van der Waals surface area contributed by atoms with Crippen molar-refractivity contribution in [3.05, 3.63) is 16.7 Å². The number of imidazole rings is 1. The standard InChI is InChI=1S/C14H18FN5O4S/c1-5(2)11(23)18-14-17-10-8(12(24)19-14)16-4-20(10)13-9(22)7(15)6(3-21)25-13/h4-7,9,13,21-22H,3H2,1-2H3,(H2,17,18,19,23,24)/t6-,7+,9+,13-/m1/s1. The molecule has 0 unspecified atom stereocenters. The lowest BCUT2D eigenvalue weighted by molar-refractivity contribution is -0.118. The molecule has 2 aromatic rings. The first-order valence-corrected chi connectivity index (χ1v) is 8.64. The fraction of sp³-hybridized carbons (Fsp3) is 0.571. The molecule has 11 heteroatoms. The number of nitrogens with zero attached hydrogens (tertiary/aromatic N) is 3. The zero-order valence-corrected chi connectivity index (χ0v) is 14.3. The Labute approximate surface area is 145 Å². The van der Waals surface area contributed by atoms with E-state index in [1.54, 1.807) is 13.8 Å². The van der Waals surface area contributed by atoms with E-state index in [4.69, 9.17) is 0 Å². The average Bonchev–Trinajstić information content (AvgIpc) is 3.10. The molecule has 0 bridgehead atoms. The molecule has 1 amide bonds. The maximum absolute atomic E-state index is 14.0. The number of anilines is 1. The van der Waals surface area contributed by atoms with Gasteiger partial charge in [0.2, 0.25) is 11.9 Å². The van der Waals surface area contributed by atoms with Crippen LogP contribution in [-0.4, -0.2) is 59.8 Å². The van der Waals surface area contributed by atoms with E-state index in [-0.39, 0.29) is 28.9 Å². The van der Waals surface area contributed by atoms with Crippen molar-refractivity contribution in [2.75, 3.05) is 11.9 Å². The number of aliphatic hydroxyl groups is 2. The van der Waals surface area contributed by atoms with Gasteiger partial charge in [0.25, 0.3) is 5.56 Å². The highest BCUT2D eigenvalue weighted by Gasteiger charge is 2.45. The van der Waals surface area contributed by atoms with E-state index in [0.717, 1.165) is 11.8 Å². The first-order valence-electron chi connectivity index (χ1n) is 7.69. The number of carbonyl (C=O) groups is 1. The molecule has 25 heavy (non-hydrogen) atoms. The van der Waals surface area contributed by atoms with Gasteiger partial charge in [-0.3, -0.25) is 24.5 Å². The maximum Gasteiger partial charge on any atom is 0.280 e. The molecule has 4 atom stereocenters. The smallest absolute Gasteiger partial charge is 0.280 e. The third kappa shape index (κ3) is 3.14. The van der Waals surface area contributed by atoms with Crippen LogP contribution in [0.15, 0.2) is 11.1 Å². The lowest BCUT2D eigenvalue weighted by Gasteiger charge is -2.16. The van der Waals surface area contributed by atoms with Gasteiger partial charge in [-0.2, -0.15) is 4.98 Å². The van der Waals surface area contributed by atoms with Gasteiger partial charge in [-0.25, -0.2) is 9.37 Å². The maximum atomic E-state index is 14.0. The quantitative estimate of drug-likeness (QED) is 0.595. The predicted molar refractivity (Wildman–Crippen MR) is 90.0 cm³/mol. The number of aromatic nitrogens is 4. The van der Waals surface area contributed by atoms with E-state index < -0.39 is 35.1 Å². The topological polar surface area (TPSA) is 133 Å². The normalized spacial score (nSPS) is 26.5. The molecule has 0 aliphatic carbocycles. The molecule has 3 heterocycles. The first-order chi connectivity index (χ1) is 11.8. The van der Waals surface area contributed by atoms with Crippen LogP contribution in [0.4, 0.5) is 10.3 Å². The van der Waals surface area contributed by atoms with Crippen LogP contribution >= 0.6 is 11.8 Å². The van der Waals surface area contributed by atoms with Crippen molar-refractivity contribution in [3.63, 3.8) is 0 Å². The largest absolute Gasteiger partial charge is 0.395 e. The van der Waals surface area contributed by atoms with Crippen LogP contribution in [0.25, 0.3) is 11.2 Å². The molecule has 1 aliphatic rings. The van der Waals surface area contributed by atoms with Gasteiger partial charge in [0, 0.05) is 5.92 Å². The van der Waals surface area contributed by atoms with E-state index in [9.17, 15) is 24.2 Å². The van der Waals surface area contributed by atoms with Gasteiger partial charge in [-0.15, -0.1) is 11.8 Å². The number of nitrogens with one attached hydrogen (secondary N) is 2. The number of amides is 1. The summed E-state index contributed by atoms with van der Waals surface area (Å²) in [7, 11) is 0. The van der Waals surface area contributed by atoms with Crippen molar-refractivity contribution in [2.24, 2.45) is 5.92 Å². The molecule has 0 saturated carbocycles. The van der Waals surface area contributed by atoms with Crippen LogP contribution in [0.1, 0.15) is 19.2 Å². The lowest BCUT2D eigenvalue weighted by Crippen LogP contribution is -2.29. The number of fused-ring (bicyclic) bond motifs is 1. The number of aliphatic hydroxyl groups excluding tert-OH is 2. The molecule has 3 rings (SSSR count).